The average Bonchev–Trinajstić information content (AvgIpc) is 0.760. The number of rotatable bonds is 22. The third-order valence-electron chi connectivity index (χ3n) is 21.5. The van der Waals surface area contributed by atoms with Gasteiger partial charge >= 0.3 is 17.9 Å². The van der Waals surface area contributed by atoms with Crippen LogP contribution in [0.15, 0.2) is 36.5 Å². The van der Waals surface area contributed by atoms with Crippen LogP contribution in [0.4, 0.5) is 0 Å². The van der Waals surface area contributed by atoms with E-state index in [4.69, 9.17) is 56.8 Å². The van der Waals surface area contributed by atoms with Gasteiger partial charge in [-0.05, 0) is 114 Å². The van der Waals surface area contributed by atoms with Crippen molar-refractivity contribution in [1.29, 1.82) is 0 Å². The SMILES string of the molecule is O=C(C=CC1CC(O)CC(O)C1)OCC1OC(OC2CCC(C=CC(=O)OCC3OC(OC4CC5C(OC6OC(CO)C(O)C(O)C6O)CC(O)CC5OC4C4CCC(O)C(O)C4)C(OC4OC(COC(=O)C=CC5CCC(O)C(O)C5)C(O)C(O)C4O)C(O)C3O)CC2O)C(O)C(O)C1O. The Morgan fingerprint density at radius 3 is 1.28 bits per heavy atom. The van der Waals surface area contributed by atoms with Crippen LogP contribution >= 0.6 is 0 Å². The van der Waals surface area contributed by atoms with Crippen LogP contribution in [-0.4, -0.2) is 349 Å². The van der Waals surface area contributed by atoms with Crippen LogP contribution in [0.1, 0.15) is 96.3 Å². The summed E-state index contributed by atoms with van der Waals surface area (Å²) in [5.74, 6) is -5.26. The van der Waals surface area contributed by atoms with E-state index >= 15 is 0 Å². The monoisotopic (exact) mass is 1450 g/mol. The lowest BCUT2D eigenvalue weighted by Crippen LogP contribution is -2.66. The van der Waals surface area contributed by atoms with Crippen molar-refractivity contribution in [3.05, 3.63) is 36.5 Å². The molecule has 10 fully saturated rings. The van der Waals surface area contributed by atoms with Crippen molar-refractivity contribution in [1.82, 2.24) is 0 Å². The predicted octanol–water partition coefficient (Wildman–Crippen LogP) is -7.66. The number of fused-ring (bicyclic) bond motifs is 1. The number of hydrogen-bond donors (Lipinski definition) is 20. The molecule has 0 spiro atoms. The fourth-order valence-corrected chi connectivity index (χ4v) is 15.6. The number of hydrogen-bond acceptors (Lipinski definition) is 35. The molecule has 20 N–H and O–H groups in total. The number of carbonyl (C=O) groups excluding carboxylic acids is 3. The molecule has 0 aromatic carbocycles. The Labute approximate surface area is 580 Å². The van der Waals surface area contributed by atoms with E-state index in [1.807, 2.05) is 0 Å². The van der Waals surface area contributed by atoms with Crippen molar-refractivity contribution in [2.24, 2.45) is 29.6 Å². The van der Waals surface area contributed by atoms with Gasteiger partial charge < -0.3 is 159 Å². The lowest BCUT2D eigenvalue weighted by Gasteiger charge is -2.53. The highest BCUT2D eigenvalue weighted by molar-refractivity contribution is 5.82. The Balaban J connectivity index is 0.818. The predicted molar refractivity (Wildman–Crippen MR) is 331 cm³/mol. The van der Waals surface area contributed by atoms with Gasteiger partial charge in [0.2, 0.25) is 0 Å². The molecule has 37 atom stereocenters. The van der Waals surface area contributed by atoms with Crippen LogP contribution in [-0.2, 0) is 71.2 Å². The fraction of sp³-hybridized carbons (Fsp3) is 0.864. The lowest BCUT2D eigenvalue weighted by molar-refractivity contribution is -0.380. The normalized spacial score (nSPS) is 48.7. The third kappa shape index (κ3) is 20.0. The molecule has 37 unspecified atom stereocenters. The van der Waals surface area contributed by atoms with Gasteiger partial charge in [0.25, 0.3) is 0 Å². The fourth-order valence-electron chi connectivity index (χ4n) is 15.6. The number of esters is 3. The van der Waals surface area contributed by atoms with E-state index in [0.29, 0.717) is 19.3 Å². The minimum atomic E-state index is -2.13. The van der Waals surface area contributed by atoms with Crippen molar-refractivity contribution >= 4 is 17.9 Å². The summed E-state index contributed by atoms with van der Waals surface area (Å²) >= 11 is 0. The van der Waals surface area contributed by atoms with E-state index in [1.54, 1.807) is 0 Å². The first-order chi connectivity index (χ1) is 48.0. The summed E-state index contributed by atoms with van der Waals surface area (Å²) < 4.78 is 71.8. The largest absolute Gasteiger partial charge is 0.460 e. The van der Waals surface area contributed by atoms with Gasteiger partial charge in [-0.3, -0.25) is 0 Å². The number of ether oxygens (including phenoxy) is 12. The summed E-state index contributed by atoms with van der Waals surface area (Å²) in [7, 11) is 0. The van der Waals surface area contributed by atoms with Gasteiger partial charge in [-0.1, -0.05) is 18.2 Å². The maximum atomic E-state index is 13.6. The maximum Gasteiger partial charge on any atom is 0.330 e. The van der Waals surface area contributed by atoms with Gasteiger partial charge in [-0.2, -0.15) is 0 Å². The molecule has 5 saturated carbocycles. The minimum absolute atomic E-state index is 0.0184. The van der Waals surface area contributed by atoms with Gasteiger partial charge in [0, 0.05) is 30.6 Å². The zero-order valence-electron chi connectivity index (χ0n) is 55.4. The topological polar surface area (TPSA) is 567 Å². The molecule has 101 heavy (non-hydrogen) atoms. The summed E-state index contributed by atoms with van der Waals surface area (Å²) in [4.78, 5) is 39.1. The smallest absolute Gasteiger partial charge is 0.330 e. The molecule has 10 aliphatic rings. The molecule has 35 heteroatoms. The molecular formula is C66H102O35. The molecule has 10 rings (SSSR count). The molecule has 5 aliphatic carbocycles. The minimum Gasteiger partial charge on any atom is -0.460 e. The molecule has 0 aromatic rings. The molecule has 0 amide bonds. The van der Waals surface area contributed by atoms with Crippen LogP contribution in [0.3, 0.4) is 0 Å². The number of carbonyl (C=O) groups is 3. The average molecular weight is 1460 g/mol. The van der Waals surface area contributed by atoms with Crippen molar-refractivity contribution in [3.8, 4) is 0 Å². The van der Waals surface area contributed by atoms with Gasteiger partial charge in [-0.15, -0.1) is 0 Å². The van der Waals surface area contributed by atoms with Crippen LogP contribution in [0.25, 0.3) is 0 Å². The van der Waals surface area contributed by atoms with Crippen molar-refractivity contribution in [2.75, 3.05) is 26.4 Å². The van der Waals surface area contributed by atoms with Crippen LogP contribution < -0.4 is 0 Å². The van der Waals surface area contributed by atoms with Crippen molar-refractivity contribution in [2.45, 2.75) is 298 Å². The Morgan fingerprint density at radius 2 is 0.762 bits per heavy atom. The summed E-state index contributed by atoms with van der Waals surface area (Å²) in [5.41, 5.74) is 0. The van der Waals surface area contributed by atoms with Gasteiger partial charge in [0.15, 0.2) is 25.2 Å². The van der Waals surface area contributed by atoms with Crippen LogP contribution in [0.5, 0.6) is 0 Å². The Kier molecular flexibility index (Phi) is 28.5. The lowest BCUT2D eigenvalue weighted by atomic mass is 9.72. The van der Waals surface area contributed by atoms with Gasteiger partial charge in [-0.25, -0.2) is 14.4 Å². The molecule has 5 aliphatic heterocycles. The van der Waals surface area contributed by atoms with E-state index < -0.39 is 264 Å². The Hall–Kier alpha value is -3.53. The first kappa shape index (κ1) is 80.0. The number of aliphatic hydroxyl groups excluding tert-OH is 20. The summed E-state index contributed by atoms with van der Waals surface area (Å²) in [6.45, 7) is -2.91. The van der Waals surface area contributed by atoms with E-state index in [2.05, 4.69) is 0 Å². The highest BCUT2D eigenvalue weighted by atomic mass is 16.8. The molecule has 0 bridgehead atoms. The van der Waals surface area contributed by atoms with E-state index in [9.17, 15) is 117 Å². The van der Waals surface area contributed by atoms with E-state index in [-0.39, 0.29) is 88.9 Å². The number of allylic oxidation sites excluding steroid dienone is 3. The summed E-state index contributed by atoms with van der Waals surface area (Å²) in [5, 5.41) is 216. The Morgan fingerprint density at radius 1 is 0.337 bits per heavy atom. The Bertz CT molecular complexity index is 2720. The first-order valence-corrected chi connectivity index (χ1v) is 35.0. The molecule has 5 saturated heterocycles. The summed E-state index contributed by atoms with van der Waals surface area (Å²) in [6, 6.07) is 0. The zero-order chi connectivity index (χ0) is 72.8. The number of aliphatic hydroxyl groups is 20. The van der Waals surface area contributed by atoms with E-state index in [0.717, 1.165) is 18.2 Å². The highest BCUT2D eigenvalue weighted by Gasteiger charge is 2.57. The summed E-state index contributed by atoms with van der Waals surface area (Å²) in [6.07, 6.45) is -39.8. The van der Waals surface area contributed by atoms with Crippen LogP contribution in [0, 0.1) is 29.6 Å². The van der Waals surface area contributed by atoms with Crippen molar-refractivity contribution in [3.63, 3.8) is 0 Å². The molecule has 35 nitrogen and oxygen atoms in total. The molecule has 5 heterocycles. The van der Waals surface area contributed by atoms with Crippen molar-refractivity contribution < 1.29 is 173 Å². The second kappa shape index (κ2) is 35.9. The quantitative estimate of drug-likeness (QED) is 0.0272. The second-order valence-electron chi connectivity index (χ2n) is 28.8. The molecule has 0 aromatic heterocycles. The molecule has 576 valence electrons. The van der Waals surface area contributed by atoms with Gasteiger partial charge in [0.05, 0.1) is 86.0 Å². The standard InChI is InChI=1S/C66H102O35/c67-22-43-50(79)54(83)58(87)64(97-43)95-41-20-32(70)19-40-33(41)21-42(61(93-40)29-6-8-35(72)37(74)17-29)96-66-62(101-65-60(89)56(85)52(81)45(99-65)24-90-47(76)10-3-26-1-7-34(71)36(73)15-26)57(86)53(82)46(100-66)25-92-48(77)11-4-27-2-9-39(38(75)16-27)94-63-59(88)55(84)51(80)44(98-63)23-91-49(78)12-5-28-13-30(68)18-31(69)14-28/h3-5,10-12,26-46,50-75,79-89H,1-2,6-9,13-25H2. The highest BCUT2D eigenvalue weighted by Crippen LogP contribution is 2.46. The second-order valence-corrected chi connectivity index (χ2v) is 28.8. The van der Waals surface area contributed by atoms with Gasteiger partial charge in [0.1, 0.15) is 117 Å². The third-order valence-corrected chi connectivity index (χ3v) is 21.5. The maximum absolute atomic E-state index is 13.6. The molecular weight excluding hydrogens is 1350 g/mol. The molecule has 0 radical (unpaired) electrons. The van der Waals surface area contributed by atoms with E-state index in [1.165, 1.54) is 18.2 Å². The zero-order valence-corrected chi connectivity index (χ0v) is 55.4. The first-order valence-electron chi connectivity index (χ1n) is 35.0. The van der Waals surface area contributed by atoms with Crippen LogP contribution in [0.2, 0.25) is 0 Å².